The Kier molecular flexibility index (Phi) is 4.91. The Bertz CT molecular complexity index is 366. The lowest BCUT2D eigenvalue weighted by Gasteiger charge is -2.56. The summed E-state index contributed by atoms with van der Waals surface area (Å²) in [5.41, 5.74) is 0. The molecule has 2 aliphatic heterocycles. The normalized spacial score (nSPS) is 50.7. The van der Waals surface area contributed by atoms with Crippen LogP contribution in [0.3, 0.4) is 0 Å². The molecule has 21 heavy (non-hydrogen) atoms. The first-order valence-corrected chi connectivity index (χ1v) is 6.79. The van der Waals surface area contributed by atoms with E-state index in [1.54, 1.807) is 13.8 Å². The Morgan fingerprint density at radius 3 is 1.95 bits per heavy atom. The number of rotatable bonds is 4. The molecule has 2 heterocycles. The van der Waals surface area contributed by atoms with Crippen molar-refractivity contribution in [1.82, 2.24) is 0 Å². The summed E-state index contributed by atoms with van der Waals surface area (Å²) in [5, 5.41) is 19.8. The van der Waals surface area contributed by atoms with Crippen molar-refractivity contribution in [3.05, 3.63) is 0 Å². The molecule has 0 aromatic heterocycles. The number of hydrogen-bond acceptors (Lipinski definition) is 8. The first kappa shape index (κ1) is 17.0. The van der Waals surface area contributed by atoms with Crippen molar-refractivity contribution in [2.45, 2.75) is 56.1 Å². The third-order valence-electron chi connectivity index (χ3n) is 4.35. The van der Waals surface area contributed by atoms with Gasteiger partial charge in [0, 0.05) is 21.3 Å². The molecule has 2 aliphatic rings. The molecule has 0 amide bonds. The molecule has 2 N–H and O–H groups in total. The van der Waals surface area contributed by atoms with E-state index in [0.29, 0.717) is 0 Å². The van der Waals surface area contributed by atoms with Gasteiger partial charge in [0.1, 0.15) is 24.4 Å². The number of fused-ring (bicyclic) bond motifs is 1. The monoisotopic (exact) mass is 308 g/mol. The van der Waals surface area contributed by atoms with Gasteiger partial charge in [-0.25, -0.2) is 0 Å². The smallest absolute Gasteiger partial charge is 0.220 e. The summed E-state index contributed by atoms with van der Waals surface area (Å²) in [5.74, 6) is -2.46. The molecule has 2 saturated heterocycles. The molecule has 0 radical (unpaired) electrons. The topological polar surface area (TPSA) is 95.8 Å². The van der Waals surface area contributed by atoms with Gasteiger partial charge < -0.3 is 38.6 Å². The van der Waals surface area contributed by atoms with Crippen molar-refractivity contribution in [3.63, 3.8) is 0 Å². The molecule has 0 bridgehead atoms. The molecule has 0 unspecified atom stereocenters. The summed E-state index contributed by atoms with van der Waals surface area (Å²) in [6.45, 7) is 3.02. The number of aliphatic hydroxyl groups excluding tert-OH is 2. The molecule has 0 aromatic carbocycles. The molecular formula is C13H24O8. The fraction of sp³-hybridized carbons (Fsp3) is 1.00. The zero-order valence-corrected chi connectivity index (χ0v) is 12.9. The molecule has 0 saturated carbocycles. The average Bonchev–Trinajstić information content (AvgIpc) is 2.50. The quantitative estimate of drug-likeness (QED) is 0.698. The zero-order valence-electron chi connectivity index (χ0n) is 12.9. The number of ether oxygens (including phenoxy) is 6. The summed E-state index contributed by atoms with van der Waals surface area (Å²) >= 11 is 0. The molecule has 0 spiro atoms. The largest absolute Gasteiger partial charge is 0.394 e. The Labute approximate surface area is 123 Å². The van der Waals surface area contributed by atoms with E-state index in [1.165, 1.54) is 21.3 Å². The van der Waals surface area contributed by atoms with Crippen LogP contribution >= 0.6 is 0 Å². The van der Waals surface area contributed by atoms with E-state index < -0.39 is 42.3 Å². The molecule has 2 rings (SSSR count). The van der Waals surface area contributed by atoms with Crippen LogP contribution in [0.25, 0.3) is 0 Å². The number of hydrogen-bond donors (Lipinski definition) is 2. The summed E-state index contributed by atoms with van der Waals surface area (Å²) in [7, 11) is 4.33. The van der Waals surface area contributed by atoms with Gasteiger partial charge in [-0.1, -0.05) is 0 Å². The van der Waals surface area contributed by atoms with Crippen molar-refractivity contribution in [2.75, 3.05) is 27.9 Å². The van der Waals surface area contributed by atoms with Gasteiger partial charge in [-0.3, -0.25) is 0 Å². The van der Waals surface area contributed by atoms with Crippen molar-refractivity contribution in [3.8, 4) is 0 Å². The van der Waals surface area contributed by atoms with Crippen LogP contribution in [0.4, 0.5) is 0 Å². The average molecular weight is 308 g/mol. The van der Waals surface area contributed by atoms with Crippen molar-refractivity contribution >= 4 is 0 Å². The highest BCUT2D eigenvalue weighted by Gasteiger charge is 2.62. The summed E-state index contributed by atoms with van der Waals surface area (Å²) in [6, 6.07) is 0. The fourth-order valence-electron chi connectivity index (χ4n) is 2.71. The molecule has 2 fully saturated rings. The molecular weight excluding hydrogens is 284 g/mol. The molecule has 124 valence electrons. The van der Waals surface area contributed by atoms with Crippen LogP contribution in [0.2, 0.25) is 0 Å². The maximum Gasteiger partial charge on any atom is 0.220 e. The van der Waals surface area contributed by atoms with Gasteiger partial charge in [0.05, 0.1) is 6.61 Å². The lowest BCUT2D eigenvalue weighted by atomic mass is 9.94. The minimum atomic E-state index is -1.24. The van der Waals surface area contributed by atoms with E-state index in [0.717, 1.165) is 0 Å². The van der Waals surface area contributed by atoms with E-state index in [1.807, 2.05) is 0 Å². The van der Waals surface area contributed by atoms with Gasteiger partial charge in [0.15, 0.2) is 6.29 Å². The number of methoxy groups -OCH3 is 3. The standard InChI is InChI=1S/C13H24O8/c1-12(17-4)13(2,18-5)21-10-8(15)11(16-3)19-7(6-14)9(10)20-12/h7-11,14-15H,6H2,1-5H3/t7-,8-,9-,10-,11+,12-,13-/m1/s1. The van der Waals surface area contributed by atoms with E-state index in [2.05, 4.69) is 0 Å². The molecule has 8 heteroatoms. The predicted octanol–water partition coefficient (Wildman–Crippen LogP) is -0.780. The van der Waals surface area contributed by atoms with E-state index >= 15 is 0 Å². The van der Waals surface area contributed by atoms with Crippen molar-refractivity contribution in [2.24, 2.45) is 0 Å². The molecule has 0 aliphatic carbocycles. The van der Waals surface area contributed by atoms with Crippen LogP contribution in [0.5, 0.6) is 0 Å². The van der Waals surface area contributed by atoms with Crippen LogP contribution in [0.15, 0.2) is 0 Å². The van der Waals surface area contributed by atoms with E-state index in [4.69, 9.17) is 28.4 Å². The Balaban J connectivity index is 2.33. The maximum absolute atomic E-state index is 10.3. The lowest BCUT2D eigenvalue weighted by molar-refractivity contribution is -0.479. The molecule has 7 atom stereocenters. The first-order valence-electron chi connectivity index (χ1n) is 6.79. The summed E-state index contributed by atoms with van der Waals surface area (Å²) in [4.78, 5) is 0. The predicted molar refractivity (Wildman–Crippen MR) is 69.3 cm³/mol. The highest BCUT2D eigenvalue weighted by molar-refractivity contribution is 4.99. The van der Waals surface area contributed by atoms with Crippen LogP contribution in [0, 0.1) is 0 Å². The fourth-order valence-corrected chi connectivity index (χ4v) is 2.71. The third kappa shape index (κ3) is 2.60. The van der Waals surface area contributed by atoms with Crippen molar-refractivity contribution < 1.29 is 38.6 Å². The van der Waals surface area contributed by atoms with Crippen LogP contribution in [0.1, 0.15) is 13.8 Å². The second-order valence-corrected chi connectivity index (χ2v) is 5.42. The van der Waals surface area contributed by atoms with Crippen LogP contribution in [-0.2, 0) is 28.4 Å². The van der Waals surface area contributed by atoms with E-state index in [-0.39, 0.29) is 6.61 Å². The van der Waals surface area contributed by atoms with E-state index in [9.17, 15) is 10.2 Å². The third-order valence-corrected chi connectivity index (χ3v) is 4.35. The number of aliphatic hydroxyl groups is 2. The van der Waals surface area contributed by atoms with Crippen molar-refractivity contribution in [1.29, 1.82) is 0 Å². The van der Waals surface area contributed by atoms with Gasteiger partial charge in [0.25, 0.3) is 0 Å². The lowest BCUT2D eigenvalue weighted by Crippen LogP contribution is -2.73. The second-order valence-electron chi connectivity index (χ2n) is 5.42. The van der Waals surface area contributed by atoms with Crippen LogP contribution in [-0.4, -0.2) is 80.4 Å². The Hall–Kier alpha value is -0.320. The minimum absolute atomic E-state index is 0.305. The van der Waals surface area contributed by atoms with Gasteiger partial charge in [-0.05, 0) is 13.8 Å². The van der Waals surface area contributed by atoms with Crippen LogP contribution < -0.4 is 0 Å². The van der Waals surface area contributed by atoms with Gasteiger partial charge in [-0.15, -0.1) is 0 Å². The Morgan fingerprint density at radius 1 is 1.00 bits per heavy atom. The summed E-state index contributed by atoms with van der Waals surface area (Å²) < 4.78 is 33.2. The zero-order chi connectivity index (χ0) is 15.8. The first-order chi connectivity index (χ1) is 9.85. The second kappa shape index (κ2) is 6.05. The Morgan fingerprint density at radius 2 is 1.52 bits per heavy atom. The SMILES string of the molecule is CO[C@H]1O[C@H](CO)[C@H]2O[C@@](C)(OC)[C@](C)(OC)O[C@@H]2[C@H]1O. The van der Waals surface area contributed by atoms with Gasteiger partial charge >= 0.3 is 0 Å². The van der Waals surface area contributed by atoms with Gasteiger partial charge in [0.2, 0.25) is 11.6 Å². The van der Waals surface area contributed by atoms with Gasteiger partial charge in [-0.2, -0.15) is 0 Å². The summed E-state index contributed by atoms with van der Waals surface area (Å²) in [6.07, 6.45) is -4.21. The highest BCUT2D eigenvalue weighted by atomic mass is 16.8. The molecule has 0 aromatic rings. The molecule has 8 nitrogen and oxygen atoms in total. The minimum Gasteiger partial charge on any atom is -0.394 e. The highest BCUT2D eigenvalue weighted by Crippen LogP contribution is 2.43. The maximum atomic E-state index is 10.3.